The van der Waals surface area contributed by atoms with E-state index >= 15 is 0 Å². The van der Waals surface area contributed by atoms with Crippen molar-refractivity contribution >= 4 is 42.3 Å². The number of amides is 3. The molecule has 13 heteroatoms. The number of guanidine groups is 1. The normalized spacial score (nSPS) is 22.3. The second-order valence-corrected chi connectivity index (χ2v) is 8.38. The highest BCUT2D eigenvalue weighted by Crippen LogP contribution is 2.25. The van der Waals surface area contributed by atoms with Crippen molar-refractivity contribution in [3.63, 3.8) is 0 Å². The van der Waals surface area contributed by atoms with E-state index in [4.69, 9.17) is 17.2 Å². The molecule has 0 bridgehead atoms. The minimum atomic E-state index is -1.17. The highest BCUT2D eigenvalue weighted by atomic mass is 32.1. The molecule has 3 amide bonds. The van der Waals surface area contributed by atoms with Gasteiger partial charge in [0, 0.05) is 25.4 Å². The quantitative estimate of drug-likeness (QED) is 0.0896. The van der Waals surface area contributed by atoms with Crippen LogP contribution in [-0.4, -0.2) is 94.1 Å². The minimum absolute atomic E-state index is 0.0872. The summed E-state index contributed by atoms with van der Waals surface area (Å²) in [5.74, 6) is -2.25. The second kappa shape index (κ2) is 11.9. The summed E-state index contributed by atoms with van der Waals surface area (Å²) in [6, 6.07) is -3.36. The third kappa shape index (κ3) is 6.48. The number of rotatable bonds is 10. The monoisotopic (exact) mass is 471 g/mol. The first-order chi connectivity index (χ1) is 15.2. The molecule has 2 aliphatic heterocycles. The van der Waals surface area contributed by atoms with E-state index < -0.39 is 36.0 Å². The summed E-state index contributed by atoms with van der Waals surface area (Å²) in [5, 5.41) is 12.0. The van der Waals surface area contributed by atoms with Crippen molar-refractivity contribution in [1.29, 1.82) is 0 Å². The van der Waals surface area contributed by atoms with Crippen molar-refractivity contribution in [1.82, 2.24) is 15.1 Å². The molecule has 8 N–H and O–H groups in total. The number of nitrogens with two attached hydrogens (primary N) is 3. The number of hydrogen-bond donors (Lipinski definition) is 6. The lowest BCUT2D eigenvalue weighted by molar-refractivity contribution is -0.148. The van der Waals surface area contributed by atoms with Gasteiger partial charge in [-0.1, -0.05) is 0 Å². The maximum Gasteiger partial charge on any atom is 0.326 e. The number of aliphatic carboxylic acids is 1. The molecular weight excluding hydrogens is 438 g/mol. The van der Waals surface area contributed by atoms with Crippen LogP contribution in [-0.2, 0) is 19.2 Å². The van der Waals surface area contributed by atoms with Gasteiger partial charge in [0.1, 0.15) is 18.1 Å². The van der Waals surface area contributed by atoms with Gasteiger partial charge in [0.25, 0.3) is 0 Å². The van der Waals surface area contributed by atoms with Gasteiger partial charge in [-0.05, 0) is 38.5 Å². The van der Waals surface area contributed by atoms with Crippen molar-refractivity contribution in [2.75, 3.05) is 25.4 Å². The Labute approximate surface area is 192 Å². The molecule has 2 heterocycles. The van der Waals surface area contributed by atoms with Gasteiger partial charge in [-0.25, -0.2) is 4.79 Å². The van der Waals surface area contributed by atoms with Crippen LogP contribution in [0.3, 0.4) is 0 Å². The molecule has 2 fully saturated rings. The molecule has 2 rings (SSSR count). The van der Waals surface area contributed by atoms with Gasteiger partial charge in [-0.3, -0.25) is 19.4 Å². The lowest BCUT2D eigenvalue weighted by Gasteiger charge is -2.32. The highest BCUT2D eigenvalue weighted by molar-refractivity contribution is 7.80. The van der Waals surface area contributed by atoms with Gasteiger partial charge in [0.05, 0.1) is 6.04 Å². The Morgan fingerprint density at radius 3 is 2.31 bits per heavy atom. The number of thiol groups is 1. The summed E-state index contributed by atoms with van der Waals surface area (Å²) in [5.41, 5.74) is 16.3. The highest BCUT2D eigenvalue weighted by Gasteiger charge is 2.43. The van der Waals surface area contributed by atoms with Gasteiger partial charge in [0.15, 0.2) is 5.96 Å². The van der Waals surface area contributed by atoms with E-state index in [0.717, 1.165) is 0 Å². The molecule has 0 saturated carbocycles. The van der Waals surface area contributed by atoms with Crippen LogP contribution >= 0.6 is 12.6 Å². The van der Waals surface area contributed by atoms with Gasteiger partial charge in [0.2, 0.25) is 17.7 Å². The smallest absolute Gasteiger partial charge is 0.326 e. The molecule has 0 aliphatic carbocycles. The fourth-order valence-corrected chi connectivity index (χ4v) is 4.26. The van der Waals surface area contributed by atoms with Crippen molar-refractivity contribution in [3.05, 3.63) is 0 Å². The number of aliphatic imine (C=N–C) groups is 1. The molecule has 0 aromatic carbocycles. The molecule has 0 aromatic heterocycles. The van der Waals surface area contributed by atoms with Crippen molar-refractivity contribution < 1.29 is 24.3 Å². The predicted octanol–water partition coefficient (Wildman–Crippen LogP) is -2.15. The maximum absolute atomic E-state index is 13.2. The van der Waals surface area contributed by atoms with Crippen LogP contribution in [0, 0.1) is 0 Å². The lowest BCUT2D eigenvalue weighted by atomic mass is 10.1. The third-order valence-electron chi connectivity index (χ3n) is 5.73. The third-order valence-corrected chi connectivity index (χ3v) is 6.13. The Balaban J connectivity index is 2.02. The van der Waals surface area contributed by atoms with E-state index in [2.05, 4.69) is 22.9 Å². The van der Waals surface area contributed by atoms with E-state index in [1.165, 1.54) is 9.80 Å². The zero-order chi connectivity index (χ0) is 23.8. The zero-order valence-corrected chi connectivity index (χ0v) is 18.9. The number of nitrogens with zero attached hydrogens (tertiary/aromatic N) is 3. The molecule has 4 atom stereocenters. The van der Waals surface area contributed by atoms with E-state index in [9.17, 15) is 24.3 Å². The molecule has 12 nitrogen and oxygen atoms in total. The van der Waals surface area contributed by atoms with Gasteiger partial charge >= 0.3 is 5.97 Å². The fraction of sp³-hybridized carbons (Fsp3) is 0.737. The zero-order valence-electron chi connectivity index (χ0n) is 18.0. The Hall–Kier alpha value is -2.54. The maximum atomic E-state index is 13.2. The fourth-order valence-electron chi connectivity index (χ4n) is 4.10. The summed E-state index contributed by atoms with van der Waals surface area (Å²) in [6.07, 6.45) is 2.72. The molecule has 2 saturated heterocycles. The van der Waals surface area contributed by atoms with Crippen molar-refractivity contribution in [2.24, 2.45) is 22.2 Å². The first kappa shape index (κ1) is 25.7. The number of nitrogens with one attached hydrogen (secondary N) is 1. The summed E-state index contributed by atoms with van der Waals surface area (Å²) in [6.45, 7) is 1.05. The Morgan fingerprint density at radius 1 is 1.09 bits per heavy atom. The Bertz CT molecular complexity index is 746. The van der Waals surface area contributed by atoms with Gasteiger partial charge in [-0.2, -0.15) is 12.6 Å². The van der Waals surface area contributed by atoms with Crippen LogP contribution < -0.4 is 22.5 Å². The number of likely N-dealkylation sites (tertiary alicyclic amines) is 2. The van der Waals surface area contributed by atoms with Crippen LogP contribution in [0.5, 0.6) is 0 Å². The topological polar surface area (TPSA) is 197 Å². The predicted molar refractivity (Wildman–Crippen MR) is 121 cm³/mol. The molecular formula is C19H33N7O5S. The molecule has 0 spiro atoms. The molecule has 0 radical (unpaired) electrons. The van der Waals surface area contributed by atoms with E-state index in [-0.39, 0.29) is 36.5 Å². The standard InChI is InChI=1S/C19H33N7O5S/c20-11(10-32)16(28)26-9-3-6-14(26)17(29)25-8-2-5-13(25)15(27)24-12(18(30)31)4-1-7-23-19(21)22/h11-14,32H,1-10,20H2,(H,24,27)(H,30,31)(H4,21,22,23). The van der Waals surface area contributed by atoms with E-state index in [1.807, 2.05) is 0 Å². The average molecular weight is 472 g/mol. The van der Waals surface area contributed by atoms with Crippen LogP contribution in [0.25, 0.3) is 0 Å². The van der Waals surface area contributed by atoms with E-state index in [0.29, 0.717) is 45.2 Å². The SMILES string of the molecule is NC(N)=NCCCC(NC(=O)C1CCCN1C(=O)C1CCCN1C(=O)C(N)CS)C(=O)O. The lowest BCUT2D eigenvalue weighted by Crippen LogP contribution is -2.56. The van der Waals surface area contributed by atoms with Gasteiger partial charge in [-0.15, -0.1) is 0 Å². The first-order valence-electron chi connectivity index (χ1n) is 10.7. The summed E-state index contributed by atoms with van der Waals surface area (Å²) < 4.78 is 0. The van der Waals surface area contributed by atoms with Crippen molar-refractivity contribution in [2.45, 2.75) is 62.7 Å². The molecule has 32 heavy (non-hydrogen) atoms. The van der Waals surface area contributed by atoms with Crippen molar-refractivity contribution in [3.8, 4) is 0 Å². The van der Waals surface area contributed by atoms with Crippen LogP contribution in [0.4, 0.5) is 0 Å². The summed E-state index contributed by atoms with van der Waals surface area (Å²) >= 11 is 4.06. The van der Waals surface area contributed by atoms with Gasteiger partial charge < -0.3 is 37.4 Å². The van der Waals surface area contributed by atoms with Crippen LogP contribution in [0.15, 0.2) is 4.99 Å². The molecule has 0 aromatic rings. The Kier molecular flexibility index (Phi) is 9.57. The summed E-state index contributed by atoms with van der Waals surface area (Å²) in [4.78, 5) is 56.9. The summed E-state index contributed by atoms with van der Waals surface area (Å²) in [7, 11) is 0. The number of carbonyl (C=O) groups is 4. The van der Waals surface area contributed by atoms with Crippen LogP contribution in [0.2, 0.25) is 0 Å². The Morgan fingerprint density at radius 2 is 1.72 bits per heavy atom. The first-order valence-corrected chi connectivity index (χ1v) is 11.4. The molecule has 180 valence electrons. The largest absolute Gasteiger partial charge is 0.480 e. The van der Waals surface area contributed by atoms with Crippen LogP contribution in [0.1, 0.15) is 38.5 Å². The molecule has 4 unspecified atom stereocenters. The number of carboxylic acid groups (broad SMARTS) is 1. The number of carbonyl (C=O) groups excluding carboxylic acids is 3. The second-order valence-electron chi connectivity index (χ2n) is 8.02. The number of hydrogen-bond acceptors (Lipinski definition) is 7. The molecule has 2 aliphatic rings. The number of carboxylic acids is 1. The minimum Gasteiger partial charge on any atom is -0.480 e. The average Bonchev–Trinajstić information content (AvgIpc) is 3.43. The van der Waals surface area contributed by atoms with E-state index in [1.54, 1.807) is 0 Å².